The van der Waals surface area contributed by atoms with Crippen molar-refractivity contribution in [3.05, 3.63) is 24.7 Å². The van der Waals surface area contributed by atoms with Gasteiger partial charge in [-0.25, -0.2) is 9.97 Å². The van der Waals surface area contributed by atoms with Crippen LogP contribution < -0.4 is 4.90 Å². The molecule has 21 heavy (non-hydrogen) atoms. The predicted octanol–water partition coefficient (Wildman–Crippen LogP) is 1.12. The molecular formula is C15H16N4O2. The number of imidazole rings is 1. The number of carbonyl (C=O) groups excluding carboxylic acids is 1. The van der Waals surface area contributed by atoms with E-state index in [0.717, 1.165) is 11.6 Å². The topological polar surface area (TPSA) is 59.7 Å². The molecule has 6 heteroatoms. The van der Waals surface area contributed by atoms with Gasteiger partial charge in [-0.05, 0) is 12.5 Å². The first kappa shape index (κ1) is 13.4. The molecule has 2 aromatic rings. The van der Waals surface area contributed by atoms with Crippen LogP contribution in [0.2, 0.25) is 0 Å². The average Bonchev–Trinajstić information content (AvgIpc) is 3.13. The normalized spacial score (nSPS) is 21.4. The number of fused-ring (bicyclic) bond motifs is 1. The van der Waals surface area contributed by atoms with Gasteiger partial charge < -0.3 is 9.64 Å². The fourth-order valence-corrected chi connectivity index (χ4v) is 2.91. The van der Waals surface area contributed by atoms with Gasteiger partial charge >= 0.3 is 5.97 Å². The highest BCUT2D eigenvalue weighted by Crippen LogP contribution is 2.36. The summed E-state index contributed by atoms with van der Waals surface area (Å²) in [6, 6.07) is 1.84. The number of rotatable bonds is 3. The minimum absolute atomic E-state index is 0.249. The van der Waals surface area contributed by atoms with E-state index >= 15 is 0 Å². The minimum atomic E-state index is -0.645. The van der Waals surface area contributed by atoms with Crippen molar-refractivity contribution >= 4 is 17.6 Å². The summed E-state index contributed by atoms with van der Waals surface area (Å²) >= 11 is 0. The Balaban J connectivity index is 1.94. The van der Waals surface area contributed by atoms with E-state index < -0.39 is 5.41 Å². The van der Waals surface area contributed by atoms with Crippen LogP contribution in [0.3, 0.4) is 0 Å². The SMILES string of the molecule is C#CCC1(C(=O)OC)CCN(c2nccc3nccn23)C1. The Morgan fingerprint density at radius 2 is 2.38 bits per heavy atom. The van der Waals surface area contributed by atoms with Crippen molar-refractivity contribution < 1.29 is 9.53 Å². The van der Waals surface area contributed by atoms with E-state index in [-0.39, 0.29) is 5.97 Å². The largest absolute Gasteiger partial charge is 0.469 e. The number of anilines is 1. The van der Waals surface area contributed by atoms with Crippen LogP contribution in [-0.4, -0.2) is 40.5 Å². The number of esters is 1. The first-order chi connectivity index (χ1) is 10.2. The van der Waals surface area contributed by atoms with Crippen LogP contribution in [0.25, 0.3) is 5.65 Å². The van der Waals surface area contributed by atoms with Crippen molar-refractivity contribution in [1.29, 1.82) is 0 Å². The Bertz CT molecular complexity index is 718. The van der Waals surface area contributed by atoms with Crippen LogP contribution >= 0.6 is 0 Å². The van der Waals surface area contributed by atoms with Crippen molar-refractivity contribution in [2.75, 3.05) is 25.1 Å². The zero-order chi connectivity index (χ0) is 14.9. The highest BCUT2D eigenvalue weighted by molar-refractivity contribution is 5.79. The summed E-state index contributed by atoms with van der Waals surface area (Å²) in [7, 11) is 1.40. The second kappa shape index (κ2) is 5.09. The molecule has 1 fully saturated rings. The zero-order valence-electron chi connectivity index (χ0n) is 11.8. The van der Waals surface area contributed by atoms with Crippen molar-refractivity contribution in [3.63, 3.8) is 0 Å². The van der Waals surface area contributed by atoms with Crippen LogP contribution in [0.5, 0.6) is 0 Å². The number of hydrogen-bond donors (Lipinski definition) is 0. The van der Waals surface area contributed by atoms with Crippen LogP contribution in [0.1, 0.15) is 12.8 Å². The first-order valence-electron chi connectivity index (χ1n) is 6.75. The average molecular weight is 284 g/mol. The fourth-order valence-electron chi connectivity index (χ4n) is 2.91. The van der Waals surface area contributed by atoms with E-state index in [4.69, 9.17) is 11.2 Å². The van der Waals surface area contributed by atoms with E-state index in [9.17, 15) is 4.79 Å². The van der Waals surface area contributed by atoms with Crippen LogP contribution in [0.4, 0.5) is 5.95 Å². The molecule has 1 saturated heterocycles. The quantitative estimate of drug-likeness (QED) is 0.624. The van der Waals surface area contributed by atoms with Crippen LogP contribution in [-0.2, 0) is 9.53 Å². The lowest BCUT2D eigenvalue weighted by atomic mass is 9.84. The molecule has 1 aliphatic rings. The smallest absolute Gasteiger partial charge is 0.314 e. The number of carbonyl (C=O) groups is 1. The molecule has 1 atom stereocenters. The molecule has 1 unspecified atom stereocenters. The fraction of sp³-hybridized carbons (Fsp3) is 0.400. The number of aromatic nitrogens is 3. The summed E-state index contributed by atoms with van der Waals surface area (Å²) in [4.78, 5) is 22.9. The third-order valence-corrected chi connectivity index (χ3v) is 3.99. The van der Waals surface area contributed by atoms with Gasteiger partial charge in [0.25, 0.3) is 0 Å². The number of methoxy groups -OCH3 is 1. The third kappa shape index (κ3) is 2.11. The Hall–Kier alpha value is -2.55. The maximum absolute atomic E-state index is 12.1. The van der Waals surface area contributed by atoms with E-state index in [1.807, 2.05) is 16.7 Å². The number of terminal acetylenes is 1. The monoisotopic (exact) mass is 284 g/mol. The third-order valence-electron chi connectivity index (χ3n) is 3.99. The van der Waals surface area contributed by atoms with E-state index in [2.05, 4.69) is 20.8 Å². The maximum Gasteiger partial charge on any atom is 0.314 e. The van der Waals surface area contributed by atoms with Gasteiger partial charge in [-0.1, -0.05) is 0 Å². The van der Waals surface area contributed by atoms with Crippen molar-refractivity contribution in [2.24, 2.45) is 5.41 Å². The molecule has 1 aliphatic heterocycles. The molecule has 0 radical (unpaired) electrons. The lowest BCUT2D eigenvalue weighted by molar-refractivity contribution is -0.151. The molecular weight excluding hydrogens is 268 g/mol. The molecule has 0 saturated carbocycles. The molecule has 0 aliphatic carbocycles. The molecule has 0 spiro atoms. The van der Waals surface area contributed by atoms with Crippen LogP contribution in [0, 0.1) is 17.8 Å². The van der Waals surface area contributed by atoms with E-state index in [1.165, 1.54) is 7.11 Å². The Morgan fingerprint density at radius 3 is 3.14 bits per heavy atom. The summed E-state index contributed by atoms with van der Waals surface area (Å²) in [5.41, 5.74) is 0.181. The molecule has 0 N–H and O–H groups in total. The van der Waals surface area contributed by atoms with Gasteiger partial charge in [0.15, 0.2) is 0 Å². The van der Waals surface area contributed by atoms with E-state index in [0.29, 0.717) is 25.9 Å². The van der Waals surface area contributed by atoms with Gasteiger partial charge in [0.1, 0.15) is 5.65 Å². The summed E-state index contributed by atoms with van der Waals surface area (Å²) in [5, 5.41) is 0. The molecule has 3 heterocycles. The molecule has 108 valence electrons. The second-order valence-corrected chi connectivity index (χ2v) is 5.22. The Kier molecular flexibility index (Phi) is 3.26. The predicted molar refractivity (Wildman–Crippen MR) is 77.7 cm³/mol. The lowest BCUT2D eigenvalue weighted by Crippen LogP contribution is -2.36. The number of nitrogens with zero attached hydrogens (tertiary/aromatic N) is 4. The van der Waals surface area contributed by atoms with Crippen molar-refractivity contribution in [1.82, 2.24) is 14.4 Å². The van der Waals surface area contributed by atoms with Crippen molar-refractivity contribution in [3.8, 4) is 12.3 Å². The minimum Gasteiger partial charge on any atom is -0.469 e. The van der Waals surface area contributed by atoms with Gasteiger partial charge in [-0.15, -0.1) is 12.3 Å². The van der Waals surface area contributed by atoms with Gasteiger partial charge in [-0.3, -0.25) is 9.20 Å². The Labute approximate surface area is 122 Å². The second-order valence-electron chi connectivity index (χ2n) is 5.22. The lowest BCUT2D eigenvalue weighted by Gasteiger charge is -2.24. The van der Waals surface area contributed by atoms with E-state index in [1.54, 1.807) is 12.4 Å². The summed E-state index contributed by atoms with van der Waals surface area (Å²) < 4.78 is 6.85. The summed E-state index contributed by atoms with van der Waals surface area (Å²) in [5.74, 6) is 3.12. The molecule has 2 aromatic heterocycles. The Morgan fingerprint density at radius 1 is 1.52 bits per heavy atom. The highest BCUT2D eigenvalue weighted by atomic mass is 16.5. The van der Waals surface area contributed by atoms with Gasteiger partial charge in [0.05, 0.1) is 12.5 Å². The summed E-state index contributed by atoms with van der Waals surface area (Å²) in [6.07, 6.45) is 11.8. The number of hydrogen-bond acceptors (Lipinski definition) is 5. The van der Waals surface area contributed by atoms with Gasteiger partial charge in [0.2, 0.25) is 5.95 Å². The molecule has 0 aromatic carbocycles. The molecule has 6 nitrogen and oxygen atoms in total. The number of ether oxygens (including phenoxy) is 1. The van der Waals surface area contributed by atoms with Gasteiger partial charge in [-0.2, -0.15) is 0 Å². The van der Waals surface area contributed by atoms with Gasteiger partial charge in [0, 0.05) is 38.1 Å². The zero-order valence-corrected chi connectivity index (χ0v) is 11.8. The molecule has 3 rings (SSSR count). The van der Waals surface area contributed by atoms with Crippen LogP contribution in [0.15, 0.2) is 24.7 Å². The maximum atomic E-state index is 12.1. The molecule has 0 amide bonds. The standard InChI is InChI=1S/C15H16N4O2/c1-3-5-15(13(20)21-2)6-9-18(11-15)14-17-7-4-12-16-8-10-19(12)14/h1,4,7-8,10H,5-6,9,11H2,2H3. The van der Waals surface area contributed by atoms with Crippen molar-refractivity contribution in [2.45, 2.75) is 12.8 Å². The molecule has 0 bridgehead atoms. The first-order valence-corrected chi connectivity index (χ1v) is 6.75. The summed E-state index contributed by atoms with van der Waals surface area (Å²) in [6.45, 7) is 1.22. The highest BCUT2D eigenvalue weighted by Gasteiger charge is 2.46.